The van der Waals surface area contributed by atoms with Crippen molar-refractivity contribution < 1.29 is 28.6 Å². The molecule has 0 saturated carbocycles. The van der Waals surface area contributed by atoms with Gasteiger partial charge in [0.05, 0.1) is 18.4 Å². The highest BCUT2D eigenvalue weighted by Gasteiger charge is 2.28. The number of nitrogens with zero attached hydrogens (tertiary/aromatic N) is 1. The van der Waals surface area contributed by atoms with Gasteiger partial charge in [0.25, 0.3) is 0 Å². The molecule has 1 aliphatic heterocycles. The average molecular weight is 458 g/mol. The number of esters is 1. The number of benzene rings is 1. The Morgan fingerprint density at radius 1 is 1.12 bits per heavy atom. The normalized spacial score (nSPS) is 14.5. The summed E-state index contributed by atoms with van der Waals surface area (Å²) in [4.78, 5) is 38.2. The zero-order valence-electron chi connectivity index (χ0n) is 17.6. The van der Waals surface area contributed by atoms with Crippen LogP contribution in [0, 0.1) is 0 Å². The van der Waals surface area contributed by atoms with Crippen molar-refractivity contribution in [2.75, 3.05) is 25.1 Å². The molecule has 4 rings (SSSR count). The minimum atomic E-state index is -0.944. The molecule has 0 fully saturated rings. The lowest BCUT2D eigenvalue weighted by Gasteiger charge is -2.18. The van der Waals surface area contributed by atoms with Gasteiger partial charge in [0.2, 0.25) is 0 Å². The third-order valence-corrected chi connectivity index (χ3v) is 6.24. The maximum atomic E-state index is 12.5. The number of hydrogen-bond acceptors (Lipinski definition) is 8. The number of anilines is 1. The van der Waals surface area contributed by atoms with Crippen LogP contribution in [0.4, 0.5) is 5.00 Å². The van der Waals surface area contributed by atoms with Crippen LogP contribution < -0.4 is 20.2 Å². The van der Waals surface area contributed by atoms with E-state index in [4.69, 9.17) is 14.2 Å². The van der Waals surface area contributed by atoms with E-state index >= 15 is 0 Å². The summed E-state index contributed by atoms with van der Waals surface area (Å²) < 4.78 is 16.1. The number of hydrogen-bond donors (Lipinski definition) is 2. The molecule has 0 bridgehead atoms. The average Bonchev–Trinajstić information content (AvgIpc) is 3.17. The van der Waals surface area contributed by atoms with E-state index < -0.39 is 17.8 Å². The van der Waals surface area contributed by atoms with Crippen molar-refractivity contribution in [3.63, 3.8) is 0 Å². The van der Waals surface area contributed by atoms with Crippen LogP contribution in [0.25, 0.3) is 0 Å². The van der Waals surface area contributed by atoms with Gasteiger partial charge in [0.1, 0.15) is 18.2 Å². The molecule has 1 aromatic heterocycles. The van der Waals surface area contributed by atoms with E-state index in [9.17, 15) is 14.4 Å². The highest BCUT2D eigenvalue weighted by molar-refractivity contribution is 7.17. The zero-order chi connectivity index (χ0) is 22.5. The smallest absolute Gasteiger partial charge is 0.341 e. The van der Waals surface area contributed by atoms with E-state index in [2.05, 4.69) is 15.8 Å². The third kappa shape index (κ3) is 4.75. The van der Waals surface area contributed by atoms with Gasteiger partial charge in [0.15, 0.2) is 11.5 Å². The second-order valence-electron chi connectivity index (χ2n) is 7.19. The molecule has 0 atom stereocenters. The molecule has 2 N–H and O–H groups in total. The molecule has 0 saturated heterocycles. The second-order valence-corrected chi connectivity index (χ2v) is 8.30. The SMILES string of the molecule is CCOC(=O)c1c(NC(=O)C(=O)N/N=C/c2ccc3c(c2)OCCO3)sc2c1CCCC2. The molecule has 0 unspecified atom stereocenters. The van der Waals surface area contributed by atoms with Gasteiger partial charge < -0.3 is 19.5 Å². The van der Waals surface area contributed by atoms with Crippen LogP contribution in [0.3, 0.4) is 0 Å². The van der Waals surface area contributed by atoms with Crippen LogP contribution in [0.5, 0.6) is 11.5 Å². The van der Waals surface area contributed by atoms with Gasteiger partial charge in [0, 0.05) is 4.88 Å². The Kier molecular flexibility index (Phi) is 6.69. The lowest BCUT2D eigenvalue weighted by Crippen LogP contribution is -2.32. The summed E-state index contributed by atoms with van der Waals surface area (Å²) in [7, 11) is 0. The predicted octanol–water partition coefficient (Wildman–Crippen LogP) is 2.66. The Labute approximate surface area is 188 Å². The fourth-order valence-corrected chi connectivity index (χ4v) is 4.86. The number of ether oxygens (including phenoxy) is 3. The maximum Gasteiger partial charge on any atom is 0.341 e. The Hall–Kier alpha value is -3.40. The van der Waals surface area contributed by atoms with Crippen LogP contribution in [-0.4, -0.2) is 43.8 Å². The van der Waals surface area contributed by atoms with Gasteiger partial charge in [-0.2, -0.15) is 5.10 Å². The van der Waals surface area contributed by atoms with Gasteiger partial charge in [-0.3, -0.25) is 9.59 Å². The molecule has 0 spiro atoms. The molecule has 0 radical (unpaired) electrons. The van der Waals surface area contributed by atoms with Crippen molar-refractivity contribution in [2.24, 2.45) is 5.10 Å². The Morgan fingerprint density at radius 2 is 1.91 bits per heavy atom. The summed E-state index contributed by atoms with van der Waals surface area (Å²) >= 11 is 1.32. The summed E-state index contributed by atoms with van der Waals surface area (Å²) in [5, 5.41) is 6.73. The number of nitrogens with one attached hydrogen (secondary N) is 2. The highest BCUT2D eigenvalue weighted by Crippen LogP contribution is 2.38. The largest absolute Gasteiger partial charge is 0.486 e. The Bertz CT molecular complexity index is 1080. The predicted molar refractivity (Wildman–Crippen MR) is 119 cm³/mol. The summed E-state index contributed by atoms with van der Waals surface area (Å²) in [6, 6.07) is 5.23. The van der Waals surface area contributed by atoms with Gasteiger partial charge in [-0.15, -0.1) is 11.3 Å². The van der Waals surface area contributed by atoms with E-state index in [1.54, 1.807) is 25.1 Å². The molecule has 2 aromatic rings. The van der Waals surface area contributed by atoms with Crippen LogP contribution in [0.2, 0.25) is 0 Å². The lowest BCUT2D eigenvalue weighted by molar-refractivity contribution is -0.136. The van der Waals surface area contributed by atoms with Crippen molar-refractivity contribution in [3.8, 4) is 11.5 Å². The van der Waals surface area contributed by atoms with E-state index in [1.807, 2.05) is 0 Å². The number of fused-ring (bicyclic) bond motifs is 2. The van der Waals surface area contributed by atoms with E-state index in [0.29, 0.717) is 40.8 Å². The van der Waals surface area contributed by atoms with E-state index in [0.717, 1.165) is 36.1 Å². The van der Waals surface area contributed by atoms with Gasteiger partial charge in [-0.1, -0.05) is 0 Å². The first-order valence-electron chi connectivity index (χ1n) is 10.4. The topological polar surface area (TPSA) is 115 Å². The highest BCUT2D eigenvalue weighted by atomic mass is 32.1. The monoisotopic (exact) mass is 457 g/mol. The second kappa shape index (κ2) is 9.82. The quantitative estimate of drug-likeness (QED) is 0.309. The lowest BCUT2D eigenvalue weighted by atomic mass is 9.95. The maximum absolute atomic E-state index is 12.5. The van der Waals surface area contributed by atoms with Crippen LogP contribution in [-0.2, 0) is 27.2 Å². The molecule has 32 heavy (non-hydrogen) atoms. The summed E-state index contributed by atoms with van der Waals surface area (Å²) in [5.41, 5.74) is 4.14. The van der Waals surface area contributed by atoms with Crippen molar-refractivity contribution in [3.05, 3.63) is 39.8 Å². The number of carbonyl (C=O) groups excluding carboxylic acids is 3. The minimum absolute atomic E-state index is 0.228. The van der Waals surface area contributed by atoms with Gasteiger partial charge in [-0.25, -0.2) is 10.2 Å². The van der Waals surface area contributed by atoms with Gasteiger partial charge >= 0.3 is 17.8 Å². The van der Waals surface area contributed by atoms with E-state index in [-0.39, 0.29) is 6.61 Å². The molecule has 168 valence electrons. The van der Waals surface area contributed by atoms with Crippen molar-refractivity contribution >= 4 is 40.3 Å². The van der Waals surface area contributed by atoms with Crippen LogP contribution >= 0.6 is 11.3 Å². The Morgan fingerprint density at radius 3 is 2.72 bits per heavy atom. The van der Waals surface area contributed by atoms with Crippen molar-refractivity contribution in [1.82, 2.24) is 5.43 Å². The molecule has 2 amide bonds. The first-order chi connectivity index (χ1) is 15.6. The summed E-state index contributed by atoms with van der Waals surface area (Å²) in [6.45, 7) is 2.91. The minimum Gasteiger partial charge on any atom is -0.486 e. The van der Waals surface area contributed by atoms with Crippen molar-refractivity contribution in [1.29, 1.82) is 0 Å². The molecule has 1 aliphatic carbocycles. The van der Waals surface area contributed by atoms with Crippen molar-refractivity contribution in [2.45, 2.75) is 32.6 Å². The fraction of sp³-hybridized carbons (Fsp3) is 0.364. The van der Waals surface area contributed by atoms with Gasteiger partial charge in [-0.05, 0) is 61.9 Å². The number of aryl methyl sites for hydroxylation is 1. The zero-order valence-corrected chi connectivity index (χ0v) is 18.4. The molecular weight excluding hydrogens is 434 g/mol. The standard InChI is InChI=1S/C22H23N3O6S/c1-2-29-22(28)18-14-5-3-4-6-17(14)32-21(18)24-19(26)20(27)25-23-12-13-7-8-15-16(11-13)31-10-9-30-15/h7-8,11-12H,2-6,9-10H2,1H3,(H,24,26)(H,25,27)/b23-12+. The molecule has 9 nitrogen and oxygen atoms in total. The van der Waals surface area contributed by atoms with Crippen LogP contribution in [0.15, 0.2) is 23.3 Å². The molecular formula is C22H23N3O6S. The Balaban J connectivity index is 1.41. The third-order valence-electron chi connectivity index (χ3n) is 5.03. The fourth-order valence-electron chi connectivity index (χ4n) is 3.59. The number of thiophene rings is 1. The number of carbonyl (C=O) groups is 3. The van der Waals surface area contributed by atoms with E-state index in [1.165, 1.54) is 17.6 Å². The molecule has 2 heterocycles. The molecule has 1 aromatic carbocycles. The summed E-state index contributed by atoms with van der Waals surface area (Å²) in [5.74, 6) is -1.10. The number of amides is 2. The molecule has 10 heteroatoms. The van der Waals surface area contributed by atoms with Crippen LogP contribution in [0.1, 0.15) is 46.1 Å². The first kappa shape index (κ1) is 21.8. The first-order valence-corrected chi connectivity index (χ1v) is 11.2. The molecule has 2 aliphatic rings. The number of hydrazone groups is 1. The summed E-state index contributed by atoms with van der Waals surface area (Å²) in [6.07, 6.45) is 4.99. The number of rotatable bonds is 5.